The highest BCUT2D eigenvalue weighted by molar-refractivity contribution is 6.07. The van der Waals surface area contributed by atoms with Gasteiger partial charge in [0.25, 0.3) is 11.8 Å². The molecule has 136 valence electrons. The first kappa shape index (κ1) is 17.1. The minimum absolute atomic E-state index is 0.163. The van der Waals surface area contributed by atoms with Crippen molar-refractivity contribution >= 4 is 23.2 Å². The van der Waals surface area contributed by atoms with Gasteiger partial charge in [0.05, 0.1) is 6.26 Å². The largest absolute Gasteiger partial charge is 0.459 e. The predicted octanol–water partition coefficient (Wildman–Crippen LogP) is 4.35. The fourth-order valence-corrected chi connectivity index (χ4v) is 3.51. The minimum atomic E-state index is -0.170. The van der Waals surface area contributed by atoms with Crippen LogP contribution in [0.4, 0.5) is 11.4 Å². The van der Waals surface area contributed by atoms with Gasteiger partial charge in [-0.3, -0.25) is 9.59 Å². The average molecular weight is 360 g/mol. The van der Waals surface area contributed by atoms with Gasteiger partial charge in [0, 0.05) is 23.5 Å². The molecule has 0 saturated carbocycles. The van der Waals surface area contributed by atoms with E-state index < -0.39 is 0 Å². The zero-order valence-corrected chi connectivity index (χ0v) is 15.3. The molecular weight excluding hydrogens is 340 g/mol. The molecule has 0 fully saturated rings. The van der Waals surface area contributed by atoms with E-state index in [9.17, 15) is 9.59 Å². The van der Waals surface area contributed by atoms with Crippen molar-refractivity contribution in [3.05, 3.63) is 82.8 Å². The Labute approximate surface area is 157 Å². The molecule has 3 aromatic rings. The molecule has 2 aromatic carbocycles. The van der Waals surface area contributed by atoms with E-state index in [1.54, 1.807) is 17.0 Å². The van der Waals surface area contributed by atoms with Crippen molar-refractivity contribution in [2.75, 3.05) is 16.8 Å². The summed E-state index contributed by atoms with van der Waals surface area (Å²) in [5.41, 5.74) is 5.27. The third kappa shape index (κ3) is 3.36. The van der Waals surface area contributed by atoms with Crippen LogP contribution in [0, 0.1) is 13.8 Å². The quantitative estimate of drug-likeness (QED) is 0.755. The summed E-state index contributed by atoms with van der Waals surface area (Å²) in [6.07, 6.45) is 2.28. The molecule has 0 radical (unpaired) electrons. The van der Waals surface area contributed by atoms with Crippen LogP contribution in [0.15, 0.2) is 59.2 Å². The summed E-state index contributed by atoms with van der Waals surface area (Å²) < 4.78 is 5.24. The van der Waals surface area contributed by atoms with E-state index in [1.807, 2.05) is 50.2 Å². The lowest BCUT2D eigenvalue weighted by Gasteiger charge is -2.17. The van der Waals surface area contributed by atoms with Crippen molar-refractivity contribution in [3.63, 3.8) is 0 Å². The maximum absolute atomic E-state index is 12.6. The van der Waals surface area contributed by atoms with Crippen LogP contribution in [0.25, 0.3) is 0 Å². The Bertz CT molecular complexity index is 1000. The molecule has 1 aromatic heterocycles. The summed E-state index contributed by atoms with van der Waals surface area (Å²) in [7, 11) is 0. The summed E-state index contributed by atoms with van der Waals surface area (Å²) >= 11 is 0. The first-order valence-corrected chi connectivity index (χ1v) is 8.89. The number of rotatable bonds is 3. The number of nitrogens with zero attached hydrogens (tertiary/aromatic N) is 1. The number of hydrogen-bond acceptors (Lipinski definition) is 3. The Morgan fingerprint density at radius 1 is 1.04 bits per heavy atom. The van der Waals surface area contributed by atoms with Crippen LogP contribution >= 0.6 is 0 Å². The molecule has 0 atom stereocenters. The number of carbonyl (C=O) groups excluding carboxylic acids is 2. The highest BCUT2D eigenvalue weighted by Crippen LogP contribution is 2.32. The van der Waals surface area contributed by atoms with Crippen LogP contribution < -0.4 is 10.2 Å². The van der Waals surface area contributed by atoms with Crippen LogP contribution in [0.1, 0.15) is 37.6 Å². The Morgan fingerprint density at radius 3 is 2.52 bits per heavy atom. The van der Waals surface area contributed by atoms with Crippen LogP contribution in [-0.2, 0) is 6.42 Å². The van der Waals surface area contributed by atoms with Gasteiger partial charge in [0.2, 0.25) is 0 Å². The zero-order chi connectivity index (χ0) is 19.0. The van der Waals surface area contributed by atoms with E-state index >= 15 is 0 Å². The number of aryl methyl sites for hydroxylation is 2. The maximum Gasteiger partial charge on any atom is 0.293 e. The van der Waals surface area contributed by atoms with E-state index in [0.29, 0.717) is 23.6 Å². The number of nitrogens with one attached hydrogen (secondary N) is 1. The number of furan rings is 1. The Hall–Kier alpha value is -3.34. The van der Waals surface area contributed by atoms with Gasteiger partial charge in [-0.05, 0) is 62.2 Å². The van der Waals surface area contributed by atoms with Crippen molar-refractivity contribution in [1.29, 1.82) is 0 Å². The van der Waals surface area contributed by atoms with Gasteiger partial charge in [-0.15, -0.1) is 0 Å². The van der Waals surface area contributed by atoms with Crippen molar-refractivity contribution in [2.24, 2.45) is 0 Å². The normalized spacial score (nSPS) is 12.7. The highest BCUT2D eigenvalue weighted by Gasteiger charge is 2.27. The van der Waals surface area contributed by atoms with Gasteiger partial charge >= 0.3 is 0 Å². The summed E-state index contributed by atoms with van der Waals surface area (Å²) in [5, 5.41) is 2.94. The first-order chi connectivity index (χ1) is 13.0. The van der Waals surface area contributed by atoms with Gasteiger partial charge in [-0.25, -0.2) is 0 Å². The number of benzene rings is 2. The second kappa shape index (κ2) is 6.76. The second-order valence-electron chi connectivity index (χ2n) is 6.86. The monoisotopic (exact) mass is 360 g/mol. The third-order valence-corrected chi connectivity index (χ3v) is 4.70. The molecular formula is C22H20N2O3. The fraction of sp³-hybridized carbons (Fsp3) is 0.182. The molecule has 0 bridgehead atoms. The lowest BCUT2D eigenvalue weighted by Crippen LogP contribution is -2.28. The predicted molar refractivity (Wildman–Crippen MR) is 104 cm³/mol. The van der Waals surface area contributed by atoms with Gasteiger partial charge in [0.15, 0.2) is 5.76 Å². The molecule has 27 heavy (non-hydrogen) atoms. The summed E-state index contributed by atoms with van der Waals surface area (Å²) in [6, 6.07) is 14.8. The standard InChI is InChI=1S/C22H20N2O3/c1-14-10-15(2)12-17(11-14)21(25)23-18-6-5-16-7-8-24(19(16)13-18)22(26)20-4-3-9-27-20/h3-6,9-13H,7-8H2,1-2H3,(H,23,25). The average Bonchev–Trinajstić information content (AvgIpc) is 3.30. The third-order valence-electron chi connectivity index (χ3n) is 4.70. The lowest BCUT2D eigenvalue weighted by atomic mass is 10.1. The van der Waals surface area contributed by atoms with Gasteiger partial charge in [-0.1, -0.05) is 23.3 Å². The van der Waals surface area contributed by atoms with E-state index in [4.69, 9.17) is 4.42 Å². The van der Waals surface area contributed by atoms with Crippen LogP contribution in [0.3, 0.4) is 0 Å². The van der Waals surface area contributed by atoms with Gasteiger partial charge in [-0.2, -0.15) is 0 Å². The molecule has 1 N–H and O–H groups in total. The first-order valence-electron chi connectivity index (χ1n) is 8.89. The molecule has 1 aliphatic heterocycles. The number of hydrogen-bond donors (Lipinski definition) is 1. The van der Waals surface area contributed by atoms with Crippen molar-refractivity contribution in [2.45, 2.75) is 20.3 Å². The summed E-state index contributed by atoms with van der Waals surface area (Å²) in [4.78, 5) is 27.0. The molecule has 0 saturated heterocycles. The molecule has 0 spiro atoms. The number of anilines is 2. The molecule has 4 rings (SSSR count). The fourth-order valence-electron chi connectivity index (χ4n) is 3.51. The van der Waals surface area contributed by atoms with Crippen molar-refractivity contribution in [3.8, 4) is 0 Å². The lowest BCUT2D eigenvalue weighted by molar-refractivity contribution is 0.0962. The maximum atomic E-state index is 12.6. The molecule has 1 aliphatic rings. The molecule has 5 nitrogen and oxygen atoms in total. The second-order valence-corrected chi connectivity index (χ2v) is 6.86. The van der Waals surface area contributed by atoms with Gasteiger partial charge < -0.3 is 14.6 Å². The number of fused-ring (bicyclic) bond motifs is 1. The Kier molecular flexibility index (Phi) is 4.28. The van der Waals surface area contributed by atoms with Crippen LogP contribution in [0.2, 0.25) is 0 Å². The smallest absolute Gasteiger partial charge is 0.293 e. The van der Waals surface area contributed by atoms with Crippen LogP contribution in [0.5, 0.6) is 0 Å². The molecule has 2 heterocycles. The Morgan fingerprint density at radius 2 is 1.81 bits per heavy atom. The van der Waals surface area contributed by atoms with E-state index in [0.717, 1.165) is 28.8 Å². The highest BCUT2D eigenvalue weighted by atomic mass is 16.3. The molecule has 0 aliphatic carbocycles. The van der Waals surface area contributed by atoms with Crippen LogP contribution in [-0.4, -0.2) is 18.4 Å². The molecule has 2 amide bonds. The van der Waals surface area contributed by atoms with Crippen molar-refractivity contribution in [1.82, 2.24) is 0 Å². The minimum Gasteiger partial charge on any atom is -0.459 e. The molecule has 5 heteroatoms. The van der Waals surface area contributed by atoms with E-state index in [1.165, 1.54) is 6.26 Å². The Balaban J connectivity index is 1.58. The zero-order valence-electron chi connectivity index (χ0n) is 15.3. The topological polar surface area (TPSA) is 62.6 Å². The van der Waals surface area contributed by atoms with Gasteiger partial charge in [0.1, 0.15) is 0 Å². The number of amides is 2. The molecule has 0 unspecified atom stereocenters. The number of carbonyl (C=O) groups is 2. The van der Waals surface area contributed by atoms with E-state index in [2.05, 4.69) is 5.32 Å². The van der Waals surface area contributed by atoms with Crippen molar-refractivity contribution < 1.29 is 14.0 Å². The SMILES string of the molecule is Cc1cc(C)cc(C(=O)Nc2ccc3c(c2)N(C(=O)c2ccco2)CC3)c1. The van der Waals surface area contributed by atoms with E-state index in [-0.39, 0.29) is 11.8 Å². The summed E-state index contributed by atoms with van der Waals surface area (Å²) in [6.45, 7) is 4.54. The summed E-state index contributed by atoms with van der Waals surface area (Å²) in [5.74, 6) is -0.0206.